The van der Waals surface area contributed by atoms with Crippen LogP contribution in [0.3, 0.4) is 0 Å². The van der Waals surface area contributed by atoms with Gasteiger partial charge in [-0.25, -0.2) is 0 Å². The summed E-state index contributed by atoms with van der Waals surface area (Å²) in [6.07, 6.45) is 0. The molecule has 3 heteroatoms. The van der Waals surface area contributed by atoms with Crippen LogP contribution >= 0.6 is 0 Å². The third kappa shape index (κ3) is 2.70. The Hall–Kier alpha value is -2.03. The fraction of sp³-hybridized carbons (Fsp3) is 0.312. The number of hydrogen-bond acceptors (Lipinski definition) is 1. The average Bonchev–Trinajstić information content (AvgIpc) is 2.68. The van der Waals surface area contributed by atoms with Crippen molar-refractivity contribution < 1.29 is 4.79 Å². The molecule has 0 saturated carbocycles. The van der Waals surface area contributed by atoms with Crippen molar-refractivity contribution in [2.45, 2.75) is 33.7 Å². The van der Waals surface area contributed by atoms with Gasteiger partial charge in [0, 0.05) is 17.4 Å². The van der Waals surface area contributed by atoms with Crippen LogP contribution in [0.25, 0.3) is 5.69 Å². The zero-order chi connectivity index (χ0) is 14.0. The Morgan fingerprint density at radius 1 is 1.05 bits per heavy atom. The van der Waals surface area contributed by atoms with E-state index in [9.17, 15) is 4.79 Å². The van der Waals surface area contributed by atoms with Crippen molar-refractivity contribution in [3.8, 4) is 5.69 Å². The quantitative estimate of drug-likeness (QED) is 0.898. The van der Waals surface area contributed by atoms with Gasteiger partial charge in [0.25, 0.3) is 5.91 Å². The monoisotopic (exact) mass is 256 g/mol. The second-order valence-electron chi connectivity index (χ2n) is 5.10. The summed E-state index contributed by atoms with van der Waals surface area (Å²) in [6.45, 7) is 8.02. The van der Waals surface area contributed by atoms with E-state index in [1.807, 2.05) is 52.0 Å². The minimum Gasteiger partial charge on any atom is -0.350 e. The normalized spacial score (nSPS) is 10.8. The third-order valence-corrected chi connectivity index (χ3v) is 3.08. The smallest absolute Gasteiger partial charge is 0.253 e. The Morgan fingerprint density at radius 3 is 2.21 bits per heavy atom. The second-order valence-corrected chi connectivity index (χ2v) is 5.10. The molecule has 1 N–H and O–H groups in total. The molecule has 19 heavy (non-hydrogen) atoms. The molecular formula is C16H20N2O. The molecule has 0 saturated heterocycles. The summed E-state index contributed by atoms with van der Waals surface area (Å²) in [5.41, 5.74) is 3.89. The maximum atomic E-state index is 12.3. The van der Waals surface area contributed by atoms with E-state index in [4.69, 9.17) is 0 Å². The fourth-order valence-electron chi connectivity index (χ4n) is 2.25. The van der Waals surface area contributed by atoms with E-state index in [1.54, 1.807) is 0 Å². The van der Waals surface area contributed by atoms with Gasteiger partial charge in [-0.05, 0) is 52.0 Å². The van der Waals surface area contributed by atoms with Crippen LogP contribution in [0.4, 0.5) is 0 Å². The maximum Gasteiger partial charge on any atom is 0.253 e. The zero-order valence-electron chi connectivity index (χ0n) is 11.9. The summed E-state index contributed by atoms with van der Waals surface area (Å²) in [5.74, 6) is -0.0295. The number of aromatic nitrogens is 1. The summed E-state index contributed by atoms with van der Waals surface area (Å²) < 4.78 is 2.11. The maximum absolute atomic E-state index is 12.3. The predicted molar refractivity (Wildman–Crippen MR) is 77.8 cm³/mol. The standard InChI is InChI=1S/C16H20N2O/c1-11(2)17-16(19)14-7-5-6-8-15(14)18-12(3)9-10-13(18)4/h5-11H,1-4H3,(H,17,19). The molecule has 0 bridgehead atoms. The number of carbonyl (C=O) groups excluding carboxylic acids is 1. The zero-order valence-corrected chi connectivity index (χ0v) is 11.9. The Labute approximate surface area is 114 Å². The van der Waals surface area contributed by atoms with Crippen molar-refractivity contribution in [2.75, 3.05) is 0 Å². The first-order valence-electron chi connectivity index (χ1n) is 6.56. The van der Waals surface area contributed by atoms with Gasteiger partial charge >= 0.3 is 0 Å². The second kappa shape index (κ2) is 5.31. The summed E-state index contributed by atoms with van der Waals surface area (Å²) in [7, 11) is 0. The van der Waals surface area contributed by atoms with Crippen LogP contribution in [0.1, 0.15) is 35.6 Å². The number of aryl methyl sites for hydroxylation is 2. The minimum atomic E-state index is -0.0295. The van der Waals surface area contributed by atoms with Gasteiger partial charge in [0.05, 0.1) is 11.3 Å². The van der Waals surface area contributed by atoms with Gasteiger partial charge in [0.1, 0.15) is 0 Å². The molecule has 0 radical (unpaired) electrons. The minimum absolute atomic E-state index is 0.0295. The summed E-state index contributed by atoms with van der Waals surface area (Å²) in [5, 5.41) is 2.95. The van der Waals surface area contributed by atoms with Crippen molar-refractivity contribution >= 4 is 5.91 Å². The summed E-state index contributed by atoms with van der Waals surface area (Å²) in [6, 6.07) is 12.0. The number of rotatable bonds is 3. The molecule has 2 aromatic rings. The number of benzene rings is 1. The summed E-state index contributed by atoms with van der Waals surface area (Å²) in [4.78, 5) is 12.3. The van der Waals surface area contributed by atoms with E-state index < -0.39 is 0 Å². The molecule has 1 aromatic carbocycles. The lowest BCUT2D eigenvalue weighted by molar-refractivity contribution is 0.0943. The molecule has 1 amide bonds. The first-order valence-corrected chi connectivity index (χ1v) is 6.56. The van der Waals surface area contributed by atoms with E-state index in [2.05, 4.69) is 22.0 Å². The number of amides is 1. The van der Waals surface area contributed by atoms with E-state index >= 15 is 0 Å². The van der Waals surface area contributed by atoms with Crippen LogP contribution in [0, 0.1) is 13.8 Å². The van der Waals surface area contributed by atoms with Crippen LogP contribution in [-0.2, 0) is 0 Å². The first-order chi connectivity index (χ1) is 9.00. The van der Waals surface area contributed by atoms with Crippen molar-refractivity contribution in [1.29, 1.82) is 0 Å². The van der Waals surface area contributed by atoms with Gasteiger partial charge in [0.2, 0.25) is 0 Å². The largest absolute Gasteiger partial charge is 0.350 e. The van der Waals surface area contributed by atoms with E-state index in [-0.39, 0.29) is 11.9 Å². The SMILES string of the molecule is Cc1ccc(C)n1-c1ccccc1C(=O)NC(C)C. The van der Waals surface area contributed by atoms with Crippen molar-refractivity contribution in [3.05, 3.63) is 53.3 Å². The lowest BCUT2D eigenvalue weighted by Crippen LogP contribution is -2.31. The molecule has 0 atom stereocenters. The molecule has 0 aliphatic rings. The van der Waals surface area contributed by atoms with E-state index in [0.29, 0.717) is 5.56 Å². The van der Waals surface area contributed by atoms with Crippen molar-refractivity contribution in [3.63, 3.8) is 0 Å². The lowest BCUT2D eigenvalue weighted by atomic mass is 10.1. The van der Waals surface area contributed by atoms with Gasteiger partial charge in [-0.1, -0.05) is 12.1 Å². The molecule has 0 fully saturated rings. The highest BCUT2D eigenvalue weighted by Crippen LogP contribution is 2.20. The number of carbonyl (C=O) groups is 1. The number of nitrogens with zero attached hydrogens (tertiary/aromatic N) is 1. The third-order valence-electron chi connectivity index (χ3n) is 3.08. The van der Waals surface area contributed by atoms with Crippen LogP contribution < -0.4 is 5.32 Å². The van der Waals surface area contributed by atoms with Gasteiger partial charge < -0.3 is 9.88 Å². The lowest BCUT2D eigenvalue weighted by Gasteiger charge is -2.15. The molecule has 0 aliphatic heterocycles. The van der Waals surface area contributed by atoms with Crippen molar-refractivity contribution in [2.24, 2.45) is 0 Å². The molecule has 3 nitrogen and oxygen atoms in total. The average molecular weight is 256 g/mol. The van der Waals surface area contributed by atoms with Crippen molar-refractivity contribution in [1.82, 2.24) is 9.88 Å². The Kier molecular flexibility index (Phi) is 3.74. The molecule has 0 unspecified atom stereocenters. The van der Waals surface area contributed by atoms with E-state index in [1.165, 1.54) is 0 Å². The van der Waals surface area contributed by atoms with Gasteiger partial charge in [-0.15, -0.1) is 0 Å². The highest BCUT2D eigenvalue weighted by atomic mass is 16.1. The molecule has 0 spiro atoms. The highest BCUT2D eigenvalue weighted by molar-refractivity contribution is 5.98. The van der Waals surface area contributed by atoms with E-state index in [0.717, 1.165) is 17.1 Å². The van der Waals surface area contributed by atoms with Crippen LogP contribution in [0.15, 0.2) is 36.4 Å². The molecule has 1 heterocycles. The Morgan fingerprint density at radius 2 is 1.63 bits per heavy atom. The van der Waals surface area contributed by atoms with Gasteiger partial charge in [0.15, 0.2) is 0 Å². The molecule has 100 valence electrons. The number of hydrogen-bond donors (Lipinski definition) is 1. The molecule has 1 aromatic heterocycles. The molecule has 0 aliphatic carbocycles. The fourth-order valence-corrected chi connectivity index (χ4v) is 2.25. The first kappa shape index (κ1) is 13.4. The highest BCUT2D eigenvalue weighted by Gasteiger charge is 2.14. The number of para-hydroxylation sites is 1. The summed E-state index contributed by atoms with van der Waals surface area (Å²) >= 11 is 0. The van der Waals surface area contributed by atoms with Gasteiger partial charge in [-0.2, -0.15) is 0 Å². The number of nitrogens with one attached hydrogen (secondary N) is 1. The Balaban J connectivity index is 2.51. The topological polar surface area (TPSA) is 34.0 Å². The molecule has 2 rings (SSSR count). The van der Waals surface area contributed by atoms with Crippen LogP contribution in [0.2, 0.25) is 0 Å². The predicted octanol–water partition coefficient (Wildman–Crippen LogP) is 3.23. The van der Waals surface area contributed by atoms with Crippen LogP contribution in [-0.4, -0.2) is 16.5 Å². The van der Waals surface area contributed by atoms with Crippen LogP contribution in [0.5, 0.6) is 0 Å². The Bertz CT molecular complexity index is 577. The van der Waals surface area contributed by atoms with Gasteiger partial charge in [-0.3, -0.25) is 4.79 Å². The molecular weight excluding hydrogens is 236 g/mol.